The Morgan fingerprint density at radius 2 is 2.40 bits per heavy atom. The molecule has 3 heterocycles. The fourth-order valence-electron chi connectivity index (χ4n) is 1.59. The number of ether oxygens (including phenoxy) is 1. The first-order valence-electron chi connectivity index (χ1n) is 5.71. The van der Waals surface area contributed by atoms with E-state index in [-0.39, 0.29) is 18.3 Å². The lowest BCUT2D eigenvalue weighted by atomic mass is 10.5. The lowest BCUT2D eigenvalue weighted by Gasteiger charge is -2.08. The summed E-state index contributed by atoms with van der Waals surface area (Å²) in [6.07, 6.45) is -0.597. The molecular formula is C11H9N3O4S2. The van der Waals surface area contributed by atoms with Crippen LogP contribution < -0.4 is 0 Å². The van der Waals surface area contributed by atoms with Crippen LogP contribution in [0.4, 0.5) is 4.79 Å². The largest absolute Gasteiger partial charge is 0.447 e. The highest BCUT2D eigenvalue weighted by atomic mass is 32.2. The minimum Gasteiger partial charge on any atom is -0.447 e. The summed E-state index contributed by atoms with van der Waals surface area (Å²) in [6, 6.07) is 3.76. The normalized spacial score (nSPS) is 14.6. The third-order valence-electron chi connectivity index (χ3n) is 2.52. The van der Waals surface area contributed by atoms with E-state index in [0.717, 1.165) is 21.5 Å². The van der Waals surface area contributed by atoms with Gasteiger partial charge in [0.15, 0.2) is 0 Å². The van der Waals surface area contributed by atoms with Crippen LogP contribution in [0.5, 0.6) is 0 Å². The number of cyclic esters (lactones) is 1. The molecule has 0 unspecified atom stereocenters. The van der Waals surface area contributed by atoms with E-state index in [1.54, 1.807) is 0 Å². The maximum absolute atomic E-state index is 11.8. The number of rotatable bonds is 4. The highest BCUT2D eigenvalue weighted by molar-refractivity contribution is 7.99. The van der Waals surface area contributed by atoms with Gasteiger partial charge in [-0.15, -0.1) is 21.5 Å². The Hall–Kier alpha value is -1.87. The average Bonchev–Trinajstić information content (AvgIpc) is 3.16. The zero-order valence-electron chi connectivity index (χ0n) is 10.1. The lowest BCUT2D eigenvalue weighted by molar-refractivity contribution is -0.125. The standard InChI is InChI=1S/C11H9N3O4S2/c15-8(14-3-4-17-11(14)16)6-20-10-13-12-9(18-10)7-2-1-5-19-7/h1-2,5H,3-4,6H2. The van der Waals surface area contributed by atoms with Gasteiger partial charge in [0.25, 0.3) is 11.1 Å². The molecule has 0 atom stereocenters. The van der Waals surface area contributed by atoms with Gasteiger partial charge in [0, 0.05) is 0 Å². The molecule has 0 saturated carbocycles. The molecule has 0 N–H and O–H groups in total. The summed E-state index contributed by atoms with van der Waals surface area (Å²) in [7, 11) is 0. The maximum atomic E-state index is 11.8. The Labute approximate surface area is 121 Å². The zero-order valence-corrected chi connectivity index (χ0v) is 11.8. The second-order valence-electron chi connectivity index (χ2n) is 3.80. The molecule has 1 saturated heterocycles. The van der Waals surface area contributed by atoms with Gasteiger partial charge < -0.3 is 9.15 Å². The van der Waals surface area contributed by atoms with Crippen molar-refractivity contribution in [3.63, 3.8) is 0 Å². The number of carbonyl (C=O) groups excluding carboxylic acids is 2. The van der Waals surface area contributed by atoms with Crippen LogP contribution in [0.15, 0.2) is 27.2 Å². The first-order valence-corrected chi connectivity index (χ1v) is 7.58. The number of carbonyl (C=O) groups is 2. The summed E-state index contributed by atoms with van der Waals surface area (Å²) in [5.74, 6) is 0.158. The molecule has 104 valence electrons. The van der Waals surface area contributed by atoms with Gasteiger partial charge in [-0.05, 0) is 11.4 Å². The van der Waals surface area contributed by atoms with Crippen molar-refractivity contribution in [3.05, 3.63) is 17.5 Å². The summed E-state index contributed by atoms with van der Waals surface area (Å²) >= 11 is 2.59. The smallest absolute Gasteiger partial charge is 0.416 e. The first-order chi connectivity index (χ1) is 9.74. The van der Waals surface area contributed by atoms with E-state index in [0.29, 0.717) is 17.7 Å². The number of thiophene rings is 1. The van der Waals surface area contributed by atoms with Crippen LogP contribution in [-0.2, 0) is 9.53 Å². The fraction of sp³-hybridized carbons (Fsp3) is 0.273. The van der Waals surface area contributed by atoms with Crippen molar-refractivity contribution in [2.24, 2.45) is 0 Å². The Morgan fingerprint density at radius 3 is 3.10 bits per heavy atom. The Bertz CT molecular complexity index is 625. The van der Waals surface area contributed by atoms with Gasteiger partial charge in [-0.25, -0.2) is 9.69 Å². The molecule has 0 bridgehead atoms. The van der Waals surface area contributed by atoms with Crippen molar-refractivity contribution >= 4 is 35.1 Å². The molecule has 0 aliphatic carbocycles. The van der Waals surface area contributed by atoms with Crippen LogP contribution in [0.2, 0.25) is 0 Å². The van der Waals surface area contributed by atoms with Gasteiger partial charge >= 0.3 is 6.09 Å². The molecular weight excluding hydrogens is 302 g/mol. The average molecular weight is 311 g/mol. The highest BCUT2D eigenvalue weighted by Crippen LogP contribution is 2.26. The monoisotopic (exact) mass is 311 g/mol. The van der Waals surface area contributed by atoms with E-state index >= 15 is 0 Å². The minimum atomic E-state index is -0.597. The SMILES string of the molecule is O=C(CSc1nnc(-c2cccs2)o1)N1CCOC1=O. The van der Waals surface area contributed by atoms with Crippen LogP contribution in [0.1, 0.15) is 0 Å². The van der Waals surface area contributed by atoms with Gasteiger partial charge in [-0.3, -0.25) is 4.79 Å². The molecule has 1 aliphatic rings. The molecule has 9 heteroatoms. The Balaban J connectivity index is 1.59. The van der Waals surface area contributed by atoms with Crippen LogP contribution in [0.3, 0.4) is 0 Å². The molecule has 1 fully saturated rings. The van der Waals surface area contributed by atoms with E-state index in [1.165, 1.54) is 11.3 Å². The predicted molar refractivity (Wildman–Crippen MR) is 71.4 cm³/mol. The highest BCUT2D eigenvalue weighted by Gasteiger charge is 2.28. The van der Waals surface area contributed by atoms with Crippen molar-refractivity contribution in [2.45, 2.75) is 5.22 Å². The van der Waals surface area contributed by atoms with Crippen molar-refractivity contribution in [1.29, 1.82) is 0 Å². The summed E-state index contributed by atoms with van der Waals surface area (Å²) in [5.41, 5.74) is 0. The Kier molecular flexibility index (Phi) is 3.70. The number of hydrogen-bond acceptors (Lipinski definition) is 8. The van der Waals surface area contributed by atoms with Crippen LogP contribution in [0, 0.1) is 0 Å². The van der Waals surface area contributed by atoms with Gasteiger partial charge in [-0.2, -0.15) is 0 Å². The van der Waals surface area contributed by atoms with E-state index in [9.17, 15) is 9.59 Å². The number of thioether (sulfide) groups is 1. The molecule has 0 spiro atoms. The lowest BCUT2D eigenvalue weighted by Crippen LogP contribution is -2.32. The Morgan fingerprint density at radius 1 is 1.50 bits per heavy atom. The zero-order chi connectivity index (χ0) is 13.9. The molecule has 7 nitrogen and oxygen atoms in total. The quantitative estimate of drug-likeness (QED) is 0.797. The van der Waals surface area contributed by atoms with E-state index < -0.39 is 6.09 Å². The molecule has 2 aromatic rings. The van der Waals surface area contributed by atoms with Crippen molar-refractivity contribution in [3.8, 4) is 10.8 Å². The third kappa shape index (κ3) is 2.68. The first kappa shape index (κ1) is 13.1. The molecule has 2 amide bonds. The third-order valence-corrected chi connectivity index (χ3v) is 4.18. The predicted octanol–water partition coefficient (Wildman–Crippen LogP) is 1.87. The number of aromatic nitrogens is 2. The van der Waals surface area contributed by atoms with E-state index in [4.69, 9.17) is 9.15 Å². The van der Waals surface area contributed by atoms with Crippen LogP contribution in [0.25, 0.3) is 10.8 Å². The van der Waals surface area contributed by atoms with Crippen LogP contribution >= 0.6 is 23.1 Å². The van der Waals surface area contributed by atoms with Gasteiger partial charge in [0.1, 0.15) is 6.61 Å². The summed E-state index contributed by atoms with van der Waals surface area (Å²) in [5, 5.41) is 9.97. The van der Waals surface area contributed by atoms with Crippen molar-refractivity contribution in [1.82, 2.24) is 15.1 Å². The minimum absolute atomic E-state index is 0.0567. The number of amides is 2. The van der Waals surface area contributed by atoms with Gasteiger partial charge in [-0.1, -0.05) is 17.8 Å². The summed E-state index contributed by atoms with van der Waals surface area (Å²) in [6.45, 7) is 0.542. The summed E-state index contributed by atoms with van der Waals surface area (Å²) < 4.78 is 10.1. The van der Waals surface area contributed by atoms with E-state index in [2.05, 4.69) is 10.2 Å². The van der Waals surface area contributed by atoms with E-state index in [1.807, 2.05) is 17.5 Å². The van der Waals surface area contributed by atoms with Gasteiger partial charge in [0.2, 0.25) is 5.91 Å². The van der Waals surface area contributed by atoms with Crippen molar-refractivity contribution in [2.75, 3.05) is 18.9 Å². The van der Waals surface area contributed by atoms with Gasteiger partial charge in [0.05, 0.1) is 17.2 Å². The number of nitrogens with zero attached hydrogens (tertiary/aromatic N) is 3. The second-order valence-corrected chi connectivity index (χ2v) is 5.67. The molecule has 0 aromatic carbocycles. The van der Waals surface area contributed by atoms with Crippen molar-refractivity contribution < 1.29 is 18.7 Å². The molecule has 1 aliphatic heterocycles. The molecule has 20 heavy (non-hydrogen) atoms. The number of hydrogen-bond donors (Lipinski definition) is 0. The molecule has 3 rings (SSSR count). The molecule has 2 aromatic heterocycles. The topological polar surface area (TPSA) is 85.5 Å². The second kappa shape index (κ2) is 5.63. The number of imide groups is 1. The molecule has 0 radical (unpaired) electrons. The van der Waals surface area contributed by atoms with Crippen LogP contribution in [-0.4, -0.2) is 46.0 Å². The fourth-order valence-corrected chi connectivity index (χ4v) is 2.87. The maximum Gasteiger partial charge on any atom is 0.416 e. The summed E-state index contributed by atoms with van der Waals surface area (Å²) in [4.78, 5) is 24.9.